The normalized spacial score (nSPS) is 20.9. The second kappa shape index (κ2) is 9.56. The average Bonchev–Trinajstić information content (AvgIpc) is 3.43. The second-order valence-corrected chi connectivity index (χ2v) is 10.6. The number of rotatable bonds is 5. The minimum absolute atomic E-state index is 0.0832. The van der Waals surface area contributed by atoms with Gasteiger partial charge in [-0.1, -0.05) is 44.2 Å². The first-order chi connectivity index (χ1) is 18.1. The summed E-state index contributed by atoms with van der Waals surface area (Å²) in [5, 5.41) is 4.31. The summed E-state index contributed by atoms with van der Waals surface area (Å²) < 4.78 is 13.6. The van der Waals surface area contributed by atoms with E-state index >= 15 is 0 Å². The maximum atomic E-state index is 14.1. The lowest BCUT2D eigenvalue weighted by Crippen LogP contribution is -2.51. The van der Waals surface area contributed by atoms with Crippen molar-refractivity contribution in [3.63, 3.8) is 0 Å². The van der Waals surface area contributed by atoms with Crippen LogP contribution in [0.1, 0.15) is 42.6 Å². The number of hydrogen-bond donors (Lipinski definition) is 1. The number of hydrogen-bond acceptors (Lipinski definition) is 3. The summed E-state index contributed by atoms with van der Waals surface area (Å²) in [4.78, 5) is 47.4. The first kappa shape index (κ1) is 25.4. The predicted octanol–water partition coefficient (Wildman–Crippen LogP) is 4.83. The van der Waals surface area contributed by atoms with E-state index in [1.807, 2.05) is 38.1 Å². The Morgan fingerprint density at radius 3 is 2.61 bits per heavy atom. The molecule has 0 bridgehead atoms. The first-order valence-electron chi connectivity index (χ1n) is 12.7. The van der Waals surface area contributed by atoms with Crippen LogP contribution in [0.3, 0.4) is 0 Å². The van der Waals surface area contributed by atoms with Crippen LogP contribution in [0.25, 0.3) is 15.6 Å². The van der Waals surface area contributed by atoms with Crippen molar-refractivity contribution >= 4 is 34.2 Å². The highest BCUT2D eigenvalue weighted by molar-refractivity contribution is 6.07. The molecule has 1 fully saturated rings. The van der Waals surface area contributed by atoms with E-state index in [2.05, 4.69) is 10.2 Å². The third kappa shape index (κ3) is 4.18. The lowest BCUT2D eigenvalue weighted by Gasteiger charge is -2.32. The summed E-state index contributed by atoms with van der Waals surface area (Å²) in [5.41, 5.74) is 0.904. The van der Waals surface area contributed by atoms with Gasteiger partial charge in [-0.05, 0) is 59.0 Å². The highest BCUT2D eigenvalue weighted by Crippen LogP contribution is 2.47. The van der Waals surface area contributed by atoms with Gasteiger partial charge in [-0.3, -0.25) is 24.1 Å². The summed E-state index contributed by atoms with van der Waals surface area (Å²) in [5.74, 6) is -1.15. The van der Waals surface area contributed by atoms with Crippen molar-refractivity contribution in [3.05, 3.63) is 89.0 Å². The van der Waals surface area contributed by atoms with Gasteiger partial charge in [0, 0.05) is 24.8 Å². The van der Waals surface area contributed by atoms with Crippen LogP contribution in [-0.4, -0.2) is 53.3 Å². The van der Waals surface area contributed by atoms with E-state index in [4.69, 9.17) is 6.57 Å². The van der Waals surface area contributed by atoms with Gasteiger partial charge in [-0.25, -0.2) is 11.0 Å². The largest absolute Gasteiger partial charge is 0.330 e. The Bertz CT molecular complexity index is 1500. The van der Waals surface area contributed by atoms with Crippen LogP contribution in [0.2, 0.25) is 0 Å². The highest BCUT2D eigenvalue weighted by Gasteiger charge is 2.59. The van der Waals surface area contributed by atoms with Crippen molar-refractivity contribution in [1.82, 2.24) is 9.80 Å². The zero-order valence-electron chi connectivity index (χ0n) is 21.6. The molecule has 0 aliphatic carbocycles. The molecule has 194 valence electrons. The molecule has 3 aromatic carbocycles. The molecule has 0 radical (unpaired) electrons. The molecule has 2 aliphatic rings. The van der Waals surface area contributed by atoms with Crippen LogP contribution in [0.4, 0.5) is 10.1 Å². The zero-order valence-corrected chi connectivity index (χ0v) is 21.6. The van der Waals surface area contributed by atoms with Crippen LogP contribution in [0.5, 0.6) is 0 Å². The van der Waals surface area contributed by atoms with E-state index in [1.54, 1.807) is 31.3 Å². The highest BCUT2D eigenvalue weighted by atomic mass is 19.1. The van der Waals surface area contributed by atoms with Gasteiger partial charge in [0.25, 0.3) is 11.8 Å². The minimum atomic E-state index is -0.986. The van der Waals surface area contributed by atoms with Crippen molar-refractivity contribution in [1.29, 1.82) is 0 Å². The molecule has 0 aromatic heterocycles. The van der Waals surface area contributed by atoms with Crippen LogP contribution < -0.4 is 5.32 Å². The average molecular weight is 513 g/mol. The number of anilines is 1. The first-order valence-corrected chi connectivity index (χ1v) is 12.7. The molecule has 1 spiro atoms. The van der Waals surface area contributed by atoms with E-state index in [-0.39, 0.29) is 42.4 Å². The van der Waals surface area contributed by atoms with Crippen molar-refractivity contribution in [2.24, 2.45) is 5.92 Å². The Morgan fingerprint density at radius 1 is 1.16 bits per heavy atom. The summed E-state index contributed by atoms with van der Waals surface area (Å²) in [6.07, 6.45) is -0.206. The third-order valence-electron chi connectivity index (χ3n) is 7.71. The standard InChI is InChI=1S/C30H29FN4O3/c1-18(2)13-25(34(4)27(36)21-10-9-20-15-22(31)12-11-19(20)14-21)28(37)35-17-30(16-26(35)32-3)23-7-5-6-8-24(23)33-29(30)38/h5-12,14-15,18,25-26H,13,16-17H2,1-2,4H3,(H,33,38)/t25-,26-,30-/m0/s1. The van der Waals surface area contributed by atoms with Gasteiger partial charge < -0.3 is 10.2 Å². The van der Waals surface area contributed by atoms with Crippen molar-refractivity contribution in [2.75, 3.05) is 18.9 Å². The van der Waals surface area contributed by atoms with Crippen molar-refractivity contribution in [3.8, 4) is 0 Å². The third-order valence-corrected chi connectivity index (χ3v) is 7.71. The maximum Gasteiger partial charge on any atom is 0.302 e. The number of nitrogens with zero attached hydrogens (tertiary/aromatic N) is 3. The number of halogens is 1. The van der Waals surface area contributed by atoms with Gasteiger partial charge in [0.1, 0.15) is 17.3 Å². The van der Waals surface area contributed by atoms with Gasteiger partial charge in [0.15, 0.2) is 0 Å². The quantitative estimate of drug-likeness (QED) is 0.498. The van der Waals surface area contributed by atoms with E-state index in [0.29, 0.717) is 23.1 Å². The molecule has 1 N–H and O–H groups in total. The molecule has 7 nitrogen and oxygen atoms in total. The van der Waals surface area contributed by atoms with Gasteiger partial charge in [-0.15, -0.1) is 0 Å². The molecule has 0 unspecified atom stereocenters. The molecule has 5 rings (SSSR count). The fourth-order valence-electron chi connectivity index (χ4n) is 5.71. The molecule has 38 heavy (non-hydrogen) atoms. The van der Waals surface area contributed by atoms with E-state index in [0.717, 1.165) is 10.9 Å². The summed E-state index contributed by atoms with van der Waals surface area (Å²) in [6, 6.07) is 15.9. The van der Waals surface area contributed by atoms with Crippen LogP contribution in [0.15, 0.2) is 60.7 Å². The number of para-hydroxylation sites is 1. The fraction of sp³-hybridized carbons (Fsp3) is 0.333. The number of carbonyl (C=O) groups is 3. The van der Waals surface area contributed by atoms with Gasteiger partial charge in [0.2, 0.25) is 5.91 Å². The van der Waals surface area contributed by atoms with Crippen molar-refractivity contribution < 1.29 is 18.8 Å². The maximum absolute atomic E-state index is 14.1. The number of likely N-dealkylation sites (tertiary alicyclic amines) is 1. The lowest BCUT2D eigenvalue weighted by molar-refractivity contribution is -0.136. The molecule has 8 heteroatoms. The molecule has 3 aromatic rings. The number of amides is 3. The number of fused-ring (bicyclic) bond motifs is 3. The van der Waals surface area contributed by atoms with E-state index in [1.165, 1.54) is 21.9 Å². The molecule has 2 heterocycles. The monoisotopic (exact) mass is 512 g/mol. The molecule has 3 atom stereocenters. The molecular weight excluding hydrogens is 483 g/mol. The smallest absolute Gasteiger partial charge is 0.302 e. The lowest BCUT2D eigenvalue weighted by atomic mass is 9.80. The molecule has 1 saturated heterocycles. The second-order valence-electron chi connectivity index (χ2n) is 10.6. The number of benzene rings is 3. The Balaban J connectivity index is 1.45. The van der Waals surface area contributed by atoms with Crippen LogP contribution in [0, 0.1) is 18.3 Å². The number of carbonyl (C=O) groups excluding carboxylic acids is 3. The Kier molecular flexibility index (Phi) is 6.39. The van der Waals surface area contributed by atoms with E-state index < -0.39 is 17.6 Å². The zero-order chi connectivity index (χ0) is 27.2. The van der Waals surface area contributed by atoms with Gasteiger partial charge in [-0.2, -0.15) is 0 Å². The summed E-state index contributed by atoms with van der Waals surface area (Å²) in [6.45, 7) is 11.8. The fourth-order valence-corrected chi connectivity index (χ4v) is 5.71. The molecule has 2 aliphatic heterocycles. The van der Waals surface area contributed by atoms with Crippen LogP contribution >= 0.6 is 0 Å². The molecule has 3 amide bonds. The minimum Gasteiger partial charge on any atom is -0.330 e. The molecule has 0 saturated carbocycles. The number of likely N-dealkylation sites (N-methyl/N-ethyl adjacent to an activating group) is 1. The predicted molar refractivity (Wildman–Crippen MR) is 143 cm³/mol. The van der Waals surface area contributed by atoms with Gasteiger partial charge in [0.05, 0.1) is 6.42 Å². The van der Waals surface area contributed by atoms with Crippen molar-refractivity contribution in [2.45, 2.75) is 44.3 Å². The summed E-state index contributed by atoms with van der Waals surface area (Å²) >= 11 is 0. The SMILES string of the molecule is [C-]#[N+][C@@H]1C[C@@]2(CN1C(=O)[C@H](CC(C)C)N(C)C(=O)c1ccc3cc(F)ccc3c1)C(=O)Nc1ccccc12. The van der Waals surface area contributed by atoms with E-state index in [9.17, 15) is 18.8 Å². The Hall–Kier alpha value is -4.25. The Labute approximate surface area is 221 Å². The topological polar surface area (TPSA) is 74.1 Å². The number of nitrogens with one attached hydrogen (secondary N) is 1. The Morgan fingerprint density at radius 2 is 1.87 bits per heavy atom. The van der Waals surface area contributed by atoms with Crippen LogP contribution in [-0.2, 0) is 15.0 Å². The molecular formula is C30H29FN4O3. The van der Waals surface area contributed by atoms with Gasteiger partial charge >= 0.3 is 6.17 Å². The summed E-state index contributed by atoms with van der Waals surface area (Å²) in [7, 11) is 1.60.